The maximum Gasteiger partial charge on any atom is 0.416 e. The molecule has 140 valence electrons. The fourth-order valence-corrected chi connectivity index (χ4v) is 2.67. The van der Waals surface area contributed by atoms with Crippen LogP contribution >= 0.6 is 12.2 Å². The molecule has 0 aliphatic heterocycles. The maximum absolute atomic E-state index is 12.6. The summed E-state index contributed by atoms with van der Waals surface area (Å²) in [6, 6.07) is 13.1. The van der Waals surface area contributed by atoms with Crippen LogP contribution in [-0.2, 0) is 6.18 Å². The van der Waals surface area contributed by atoms with Gasteiger partial charge in [0.1, 0.15) is 0 Å². The Kier molecular flexibility index (Phi) is 6.85. The number of aryl methyl sites for hydroxylation is 1. The summed E-state index contributed by atoms with van der Waals surface area (Å²) < 4.78 is 37.7. The molecule has 7 heteroatoms. The third-order valence-corrected chi connectivity index (χ3v) is 4.16. The van der Waals surface area contributed by atoms with Gasteiger partial charge in [-0.2, -0.15) is 13.2 Å². The lowest BCUT2D eigenvalue weighted by atomic mass is 10.2. The highest BCUT2D eigenvalue weighted by Gasteiger charge is 2.29. The molecular weight excluding hydrogens is 359 g/mol. The topological polar surface area (TPSA) is 27.3 Å². The maximum atomic E-state index is 12.6. The number of hydrogen-bond acceptors (Lipinski definition) is 2. The minimum atomic E-state index is -4.34. The second-order valence-electron chi connectivity index (χ2n) is 5.87. The number of likely N-dealkylation sites (N-methyl/N-ethyl adjacent to an activating group) is 1. The standard InChI is InChI=1S/C19H22F3N3S/c1-3-25(17-10-4-14(2)5-11-17)13-12-23-18(26)24-16-8-6-15(7-9-16)19(20,21)22/h4-11H,3,12-13H2,1-2H3,(H2,23,24,26). The van der Waals surface area contributed by atoms with E-state index < -0.39 is 11.7 Å². The van der Waals surface area contributed by atoms with E-state index in [1.54, 1.807) is 0 Å². The molecule has 26 heavy (non-hydrogen) atoms. The minimum Gasteiger partial charge on any atom is -0.370 e. The zero-order valence-electron chi connectivity index (χ0n) is 14.7. The normalized spacial score (nSPS) is 11.1. The minimum absolute atomic E-state index is 0.379. The van der Waals surface area contributed by atoms with Crippen molar-refractivity contribution in [2.45, 2.75) is 20.0 Å². The first-order valence-corrected chi connectivity index (χ1v) is 8.74. The van der Waals surface area contributed by atoms with Crippen molar-refractivity contribution in [3.05, 3.63) is 59.7 Å². The van der Waals surface area contributed by atoms with Crippen LogP contribution in [0.3, 0.4) is 0 Å². The largest absolute Gasteiger partial charge is 0.416 e. The lowest BCUT2D eigenvalue weighted by Crippen LogP contribution is -2.36. The molecule has 0 unspecified atom stereocenters. The Labute approximate surface area is 157 Å². The smallest absolute Gasteiger partial charge is 0.370 e. The number of anilines is 2. The van der Waals surface area contributed by atoms with Crippen molar-refractivity contribution in [2.75, 3.05) is 29.9 Å². The molecular formula is C19H22F3N3S. The van der Waals surface area contributed by atoms with Crippen LogP contribution in [0.1, 0.15) is 18.1 Å². The number of alkyl halides is 3. The number of halogens is 3. The van der Waals surface area contributed by atoms with Crippen molar-refractivity contribution in [1.82, 2.24) is 5.32 Å². The summed E-state index contributed by atoms with van der Waals surface area (Å²) in [6.07, 6.45) is -4.34. The van der Waals surface area contributed by atoms with Crippen molar-refractivity contribution in [1.29, 1.82) is 0 Å². The molecule has 0 amide bonds. The van der Waals surface area contributed by atoms with Gasteiger partial charge in [-0.1, -0.05) is 17.7 Å². The molecule has 2 aromatic rings. The van der Waals surface area contributed by atoms with E-state index in [4.69, 9.17) is 12.2 Å². The molecule has 0 bridgehead atoms. The van der Waals surface area contributed by atoms with E-state index in [1.807, 2.05) is 6.92 Å². The van der Waals surface area contributed by atoms with Crippen molar-refractivity contribution < 1.29 is 13.2 Å². The summed E-state index contributed by atoms with van der Waals surface area (Å²) in [7, 11) is 0. The zero-order chi connectivity index (χ0) is 19.2. The zero-order valence-corrected chi connectivity index (χ0v) is 15.5. The fourth-order valence-electron chi connectivity index (χ4n) is 2.45. The van der Waals surface area contributed by atoms with Gasteiger partial charge in [0.15, 0.2) is 5.11 Å². The van der Waals surface area contributed by atoms with E-state index in [0.717, 1.165) is 30.9 Å². The van der Waals surface area contributed by atoms with Gasteiger partial charge >= 0.3 is 6.18 Å². The van der Waals surface area contributed by atoms with Gasteiger partial charge in [-0.15, -0.1) is 0 Å². The van der Waals surface area contributed by atoms with E-state index in [-0.39, 0.29) is 0 Å². The molecule has 0 aliphatic rings. The molecule has 2 aromatic carbocycles. The summed E-state index contributed by atoms with van der Waals surface area (Å²) in [4.78, 5) is 2.22. The van der Waals surface area contributed by atoms with Gasteiger partial charge in [0, 0.05) is 31.0 Å². The van der Waals surface area contributed by atoms with Crippen LogP contribution in [0.5, 0.6) is 0 Å². The van der Waals surface area contributed by atoms with E-state index in [9.17, 15) is 13.2 Å². The molecule has 0 aromatic heterocycles. The molecule has 0 aliphatic carbocycles. The molecule has 2 rings (SSSR count). The molecule has 0 saturated carbocycles. The van der Waals surface area contributed by atoms with Crippen LogP contribution in [-0.4, -0.2) is 24.7 Å². The van der Waals surface area contributed by atoms with Crippen LogP contribution in [0.2, 0.25) is 0 Å². The molecule has 0 heterocycles. The van der Waals surface area contributed by atoms with Crippen molar-refractivity contribution in [3.63, 3.8) is 0 Å². The SMILES string of the molecule is CCN(CCNC(=S)Nc1ccc(C(F)(F)F)cc1)c1ccc(C)cc1. The summed E-state index contributed by atoms with van der Waals surface area (Å²) in [6.45, 7) is 6.37. The summed E-state index contributed by atoms with van der Waals surface area (Å²) >= 11 is 5.20. The highest BCUT2D eigenvalue weighted by atomic mass is 32.1. The first kappa shape index (κ1) is 20.0. The Morgan fingerprint density at radius 3 is 2.19 bits per heavy atom. The van der Waals surface area contributed by atoms with E-state index in [1.165, 1.54) is 17.7 Å². The number of nitrogens with one attached hydrogen (secondary N) is 2. The Morgan fingerprint density at radius 1 is 1.04 bits per heavy atom. The predicted octanol–water partition coefficient (Wildman–Crippen LogP) is 4.83. The Bertz CT molecular complexity index is 712. The van der Waals surface area contributed by atoms with Crippen LogP contribution in [0.25, 0.3) is 0 Å². The van der Waals surface area contributed by atoms with E-state index in [2.05, 4.69) is 46.7 Å². The lowest BCUT2D eigenvalue weighted by molar-refractivity contribution is -0.137. The van der Waals surface area contributed by atoms with Gasteiger partial charge in [-0.3, -0.25) is 0 Å². The second kappa shape index (κ2) is 8.89. The lowest BCUT2D eigenvalue weighted by Gasteiger charge is -2.24. The average molecular weight is 381 g/mol. The van der Waals surface area contributed by atoms with Crippen LogP contribution in [0.15, 0.2) is 48.5 Å². The van der Waals surface area contributed by atoms with E-state index >= 15 is 0 Å². The quantitative estimate of drug-likeness (QED) is 0.701. The van der Waals surface area contributed by atoms with E-state index in [0.29, 0.717) is 17.3 Å². The van der Waals surface area contributed by atoms with Crippen LogP contribution < -0.4 is 15.5 Å². The Balaban J connectivity index is 1.81. The molecule has 0 spiro atoms. The van der Waals surface area contributed by atoms with Gasteiger partial charge in [0.05, 0.1) is 5.56 Å². The number of nitrogens with zero attached hydrogens (tertiary/aromatic N) is 1. The highest BCUT2D eigenvalue weighted by Crippen LogP contribution is 2.29. The number of benzene rings is 2. The van der Waals surface area contributed by atoms with Crippen LogP contribution in [0.4, 0.5) is 24.5 Å². The number of rotatable bonds is 6. The fraction of sp³-hybridized carbons (Fsp3) is 0.316. The highest BCUT2D eigenvalue weighted by molar-refractivity contribution is 7.80. The molecule has 0 atom stereocenters. The van der Waals surface area contributed by atoms with Gasteiger partial charge in [0.2, 0.25) is 0 Å². The Morgan fingerprint density at radius 2 is 1.65 bits per heavy atom. The third kappa shape index (κ3) is 5.91. The van der Waals surface area contributed by atoms with Crippen LogP contribution in [0, 0.1) is 6.92 Å². The number of hydrogen-bond donors (Lipinski definition) is 2. The summed E-state index contributed by atoms with van der Waals surface area (Å²) in [5, 5.41) is 6.35. The molecule has 0 fully saturated rings. The average Bonchev–Trinajstić information content (AvgIpc) is 2.59. The van der Waals surface area contributed by atoms with Gasteiger partial charge < -0.3 is 15.5 Å². The number of thiocarbonyl (C=S) groups is 1. The van der Waals surface area contributed by atoms with Gasteiger partial charge in [-0.25, -0.2) is 0 Å². The van der Waals surface area contributed by atoms with Gasteiger partial charge in [0.25, 0.3) is 0 Å². The Hall–Kier alpha value is -2.28. The van der Waals surface area contributed by atoms with Crippen molar-refractivity contribution in [3.8, 4) is 0 Å². The van der Waals surface area contributed by atoms with Gasteiger partial charge in [-0.05, 0) is 62.5 Å². The molecule has 0 radical (unpaired) electrons. The molecule has 0 saturated heterocycles. The predicted molar refractivity (Wildman–Crippen MR) is 105 cm³/mol. The first-order chi connectivity index (χ1) is 12.3. The second-order valence-corrected chi connectivity index (χ2v) is 6.28. The summed E-state index contributed by atoms with van der Waals surface area (Å²) in [5.74, 6) is 0. The first-order valence-electron chi connectivity index (χ1n) is 8.33. The molecule has 2 N–H and O–H groups in total. The summed E-state index contributed by atoms with van der Waals surface area (Å²) in [5.41, 5.74) is 2.19. The van der Waals surface area contributed by atoms with Crippen molar-refractivity contribution in [2.24, 2.45) is 0 Å². The molecule has 3 nitrogen and oxygen atoms in total. The monoisotopic (exact) mass is 381 g/mol. The van der Waals surface area contributed by atoms with Crippen molar-refractivity contribution >= 4 is 28.7 Å². The third-order valence-electron chi connectivity index (χ3n) is 3.92.